The van der Waals surface area contributed by atoms with Crippen LogP contribution in [0.1, 0.15) is 83.5 Å². The molecule has 5 N–H and O–H groups in total. The average molecular weight is 289 g/mol. The summed E-state index contributed by atoms with van der Waals surface area (Å²) in [6.07, 6.45) is 12.7. The van der Waals surface area contributed by atoms with Crippen LogP contribution in [-0.2, 0) is 9.59 Å². The van der Waals surface area contributed by atoms with Crippen molar-refractivity contribution in [1.29, 1.82) is 0 Å². The third-order valence-corrected chi connectivity index (χ3v) is 3.28. The Hall–Kier alpha value is -1.10. The summed E-state index contributed by atoms with van der Waals surface area (Å²) in [4.78, 5) is 20.6. The Balaban J connectivity index is 0. The molecule has 0 aliphatic carbocycles. The number of rotatable bonds is 14. The van der Waals surface area contributed by atoms with Crippen molar-refractivity contribution >= 4 is 11.9 Å². The standard InChI is InChI=1S/C15H28O4.H3N/c16-14(17)12-10-8-6-4-2-1-3-5-7-9-11-13-15(18)19;/h1-13H2,(H,16,17)(H,18,19);1H3. The molecule has 0 heterocycles. The summed E-state index contributed by atoms with van der Waals surface area (Å²) in [6.45, 7) is 0. The topological polar surface area (TPSA) is 110 Å². The van der Waals surface area contributed by atoms with Crippen molar-refractivity contribution in [2.45, 2.75) is 83.5 Å². The molecule has 20 heavy (non-hydrogen) atoms. The average Bonchev–Trinajstić information content (AvgIpc) is 2.34. The molecule has 0 aromatic rings. The second-order valence-electron chi connectivity index (χ2n) is 5.18. The highest BCUT2D eigenvalue weighted by atomic mass is 16.4. The summed E-state index contributed by atoms with van der Waals surface area (Å²) in [5.41, 5.74) is 0. The molecule has 0 amide bonds. The molecule has 5 heteroatoms. The highest BCUT2D eigenvalue weighted by Crippen LogP contribution is 2.12. The van der Waals surface area contributed by atoms with Gasteiger partial charge in [0.25, 0.3) is 0 Å². The molecule has 0 aliphatic heterocycles. The Morgan fingerprint density at radius 3 is 0.900 bits per heavy atom. The van der Waals surface area contributed by atoms with Crippen LogP contribution < -0.4 is 6.15 Å². The van der Waals surface area contributed by atoms with Gasteiger partial charge in [-0.05, 0) is 12.8 Å². The number of carboxylic acids is 2. The maximum absolute atomic E-state index is 10.3. The van der Waals surface area contributed by atoms with Crippen LogP contribution in [0.3, 0.4) is 0 Å². The molecule has 0 unspecified atom stereocenters. The summed E-state index contributed by atoms with van der Waals surface area (Å²) >= 11 is 0. The van der Waals surface area contributed by atoms with Gasteiger partial charge in [0.05, 0.1) is 0 Å². The van der Waals surface area contributed by atoms with E-state index in [0.717, 1.165) is 38.5 Å². The molecule has 0 aromatic heterocycles. The molecular formula is C15H31NO4. The van der Waals surface area contributed by atoms with Gasteiger partial charge >= 0.3 is 11.9 Å². The molecule has 0 radical (unpaired) electrons. The van der Waals surface area contributed by atoms with E-state index in [-0.39, 0.29) is 6.15 Å². The number of carbonyl (C=O) groups is 2. The zero-order chi connectivity index (χ0) is 14.3. The van der Waals surface area contributed by atoms with Crippen LogP contribution in [0.5, 0.6) is 0 Å². The summed E-state index contributed by atoms with van der Waals surface area (Å²) in [7, 11) is 0. The van der Waals surface area contributed by atoms with Crippen molar-refractivity contribution < 1.29 is 19.8 Å². The summed E-state index contributed by atoms with van der Waals surface area (Å²) < 4.78 is 0. The molecule has 0 saturated carbocycles. The van der Waals surface area contributed by atoms with Gasteiger partial charge in [0.2, 0.25) is 0 Å². The van der Waals surface area contributed by atoms with Gasteiger partial charge in [-0.3, -0.25) is 9.59 Å². The van der Waals surface area contributed by atoms with Gasteiger partial charge in [0.15, 0.2) is 0 Å². The van der Waals surface area contributed by atoms with Gasteiger partial charge in [-0.1, -0.05) is 57.8 Å². The lowest BCUT2D eigenvalue weighted by atomic mass is 10.0. The highest BCUT2D eigenvalue weighted by Gasteiger charge is 1.98. The van der Waals surface area contributed by atoms with Crippen LogP contribution in [0.4, 0.5) is 0 Å². The van der Waals surface area contributed by atoms with Gasteiger partial charge in [0, 0.05) is 12.8 Å². The second kappa shape index (κ2) is 16.0. The lowest BCUT2D eigenvalue weighted by molar-refractivity contribution is -0.138. The van der Waals surface area contributed by atoms with E-state index in [1.165, 1.54) is 32.1 Å². The van der Waals surface area contributed by atoms with Gasteiger partial charge in [-0.25, -0.2) is 0 Å². The van der Waals surface area contributed by atoms with Crippen LogP contribution in [-0.4, -0.2) is 22.2 Å². The van der Waals surface area contributed by atoms with E-state index in [0.29, 0.717) is 12.8 Å². The van der Waals surface area contributed by atoms with E-state index >= 15 is 0 Å². The predicted molar refractivity (Wildman–Crippen MR) is 80.3 cm³/mol. The van der Waals surface area contributed by atoms with Gasteiger partial charge in [-0.2, -0.15) is 0 Å². The lowest BCUT2D eigenvalue weighted by Gasteiger charge is -2.02. The minimum Gasteiger partial charge on any atom is -0.481 e. The smallest absolute Gasteiger partial charge is 0.303 e. The largest absolute Gasteiger partial charge is 0.481 e. The number of hydrogen-bond donors (Lipinski definition) is 3. The summed E-state index contributed by atoms with van der Waals surface area (Å²) in [5, 5.41) is 16.9. The molecule has 0 rings (SSSR count). The monoisotopic (exact) mass is 289 g/mol. The third-order valence-electron chi connectivity index (χ3n) is 3.28. The Morgan fingerprint density at radius 1 is 0.500 bits per heavy atom. The predicted octanol–water partition coefficient (Wildman–Crippen LogP) is 4.39. The van der Waals surface area contributed by atoms with E-state index in [4.69, 9.17) is 10.2 Å². The molecule has 0 aromatic carbocycles. The van der Waals surface area contributed by atoms with Gasteiger partial charge < -0.3 is 16.4 Å². The van der Waals surface area contributed by atoms with Crippen molar-refractivity contribution in [2.75, 3.05) is 0 Å². The number of hydrogen-bond acceptors (Lipinski definition) is 3. The first-order valence-corrected chi connectivity index (χ1v) is 7.56. The van der Waals surface area contributed by atoms with E-state index in [9.17, 15) is 9.59 Å². The minimum absolute atomic E-state index is 0. The first-order chi connectivity index (χ1) is 9.13. The van der Waals surface area contributed by atoms with Crippen molar-refractivity contribution in [1.82, 2.24) is 6.15 Å². The Labute approximate surface area is 122 Å². The fourth-order valence-electron chi connectivity index (χ4n) is 2.14. The molecule has 0 fully saturated rings. The maximum atomic E-state index is 10.3. The normalized spacial score (nSPS) is 10.0. The molecule has 120 valence electrons. The first kappa shape index (κ1) is 21.2. The van der Waals surface area contributed by atoms with Gasteiger partial charge in [0.1, 0.15) is 0 Å². The van der Waals surface area contributed by atoms with E-state index < -0.39 is 11.9 Å². The SMILES string of the molecule is N.O=C(O)CCCCCCCCCCCCCC(=O)O. The molecule has 0 bridgehead atoms. The minimum atomic E-state index is -0.692. The Bertz CT molecular complexity index is 220. The second-order valence-corrected chi connectivity index (χ2v) is 5.18. The molecule has 0 atom stereocenters. The molecule has 0 saturated heterocycles. The Morgan fingerprint density at radius 2 is 0.700 bits per heavy atom. The maximum Gasteiger partial charge on any atom is 0.303 e. The number of aliphatic carboxylic acids is 2. The highest BCUT2D eigenvalue weighted by molar-refractivity contribution is 5.66. The third kappa shape index (κ3) is 19.2. The molecule has 0 spiro atoms. The van der Waals surface area contributed by atoms with Crippen molar-refractivity contribution in [2.24, 2.45) is 0 Å². The van der Waals surface area contributed by atoms with Crippen molar-refractivity contribution in [3.8, 4) is 0 Å². The zero-order valence-corrected chi connectivity index (χ0v) is 12.6. The summed E-state index contributed by atoms with van der Waals surface area (Å²) in [5.74, 6) is -1.38. The molecule has 0 aliphatic rings. The summed E-state index contributed by atoms with van der Waals surface area (Å²) in [6, 6.07) is 0. The quantitative estimate of drug-likeness (QED) is 0.411. The van der Waals surface area contributed by atoms with Crippen LogP contribution in [0, 0.1) is 0 Å². The van der Waals surface area contributed by atoms with Crippen molar-refractivity contribution in [3.63, 3.8) is 0 Å². The van der Waals surface area contributed by atoms with E-state index in [1.807, 2.05) is 0 Å². The first-order valence-electron chi connectivity index (χ1n) is 7.56. The zero-order valence-electron chi connectivity index (χ0n) is 12.6. The van der Waals surface area contributed by atoms with Crippen LogP contribution in [0.25, 0.3) is 0 Å². The fourth-order valence-corrected chi connectivity index (χ4v) is 2.14. The van der Waals surface area contributed by atoms with Crippen molar-refractivity contribution in [3.05, 3.63) is 0 Å². The number of unbranched alkanes of at least 4 members (excludes halogenated alkanes) is 10. The lowest BCUT2D eigenvalue weighted by Crippen LogP contribution is -1.93. The van der Waals surface area contributed by atoms with E-state index in [2.05, 4.69) is 0 Å². The van der Waals surface area contributed by atoms with Gasteiger partial charge in [-0.15, -0.1) is 0 Å². The van der Waals surface area contributed by atoms with Crippen LogP contribution >= 0.6 is 0 Å². The number of carboxylic acid groups (broad SMARTS) is 2. The van der Waals surface area contributed by atoms with Crippen LogP contribution in [0.15, 0.2) is 0 Å². The molecule has 5 nitrogen and oxygen atoms in total. The van der Waals surface area contributed by atoms with E-state index in [1.54, 1.807) is 0 Å². The Kier molecular flexibility index (Phi) is 16.9. The fraction of sp³-hybridized carbons (Fsp3) is 0.867. The van der Waals surface area contributed by atoms with Crippen LogP contribution in [0.2, 0.25) is 0 Å². The molecular weight excluding hydrogens is 258 g/mol.